The summed E-state index contributed by atoms with van der Waals surface area (Å²) in [4.78, 5) is 14.7. The molecule has 0 spiro atoms. The number of anilines is 2. The molecule has 1 aromatic rings. The van der Waals surface area contributed by atoms with Gasteiger partial charge < -0.3 is 16.0 Å². The molecule has 1 aliphatic heterocycles. The Morgan fingerprint density at radius 1 is 1.15 bits per heavy atom. The lowest BCUT2D eigenvalue weighted by molar-refractivity contribution is -0.129. The van der Waals surface area contributed by atoms with Crippen LogP contribution in [0.2, 0.25) is 0 Å². The van der Waals surface area contributed by atoms with Crippen molar-refractivity contribution in [1.82, 2.24) is 0 Å². The van der Waals surface area contributed by atoms with Crippen LogP contribution in [-0.4, -0.2) is 25.5 Å². The average molecular weight is 273 g/mol. The Kier molecular flexibility index (Phi) is 3.66. The highest BCUT2D eigenvalue weighted by Gasteiger charge is 2.42. The quantitative estimate of drug-likeness (QED) is 0.885. The number of hydrogen-bond acceptors (Lipinski definition) is 3. The predicted molar refractivity (Wildman–Crippen MR) is 81.9 cm³/mol. The third-order valence-electron chi connectivity index (χ3n) is 4.78. The molecule has 0 radical (unpaired) electrons. The van der Waals surface area contributed by atoms with Gasteiger partial charge in [0, 0.05) is 31.0 Å². The summed E-state index contributed by atoms with van der Waals surface area (Å²) >= 11 is 0. The Labute approximate surface area is 120 Å². The SMILES string of the molecule is NCC1(C(=O)Nc2ccc(N3CCCC3)cc2)CCC1. The van der Waals surface area contributed by atoms with E-state index in [9.17, 15) is 4.79 Å². The zero-order valence-corrected chi connectivity index (χ0v) is 11.9. The van der Waals surface area contributed by atoms with Crippen molar-refractivity contribution in [3.05, 3.63) is 24.3 Å². The van der Waals surface area contributed by atoms with Gasteiger partial charge in [-0.15, -0.1) is 0 Å². The fourth-order valence-electron chi connectivity index (χ4n) is 3.12. The van der Waals surface area contributed by atoms with Crippen molar-refractivity contribution in [3.63, 3.8) is 0 Å². The molecule has 1 saturated carbocycles. The maximum Gasteiger partial charge on any atom is 0.231 e. The molecule has 0 aromatic heterocycles. The second-order valence-corrected chi connectivity index (χ2v) is 6.03. The zero-order chi connectivity index (χ0) is 14.0. The van der Waals surface area contributed by atoms with Crippen molar-refractivity contribution in [3.8, 4) is 0 Å². The van der Waals surface area contributed by atoms with Gasteiger partial charge in [0.05, 0.1) is 5.41 Å². The first-order chi connectivity index (χ1) is 9.73. The van der Waals surface area contributed by atoms with E-state index in [4.69, 9.17) is 5.73 Å². The molecule has 2 aliphatic rings. The van der Waals surface area contributed by atoms with Crippen molar-refractivity contribution in [1.29, 1.82) is 0 Å². The minimum absolute atomic E-state index is 0.0835. The van der Waals surface area contributed by atoms with Crippen LogP contribution < -0.4 is 16.0 Å². The van der Waals surface area contributed by atoms with Crippen LogP contribution in [0.1, 0.15) is 32.1 Å². The summed E-state index contributed by atoms with van der Waals surface area (Å²) in [5, 5.41) is 3.02. The minimum atomic E-state index is -0.312. The molecule has 0 bridgehead atoms. The fraction of sp³-hybridized carbons (Fsp3) is 0.562. The summed E-state index contributed by atoms with van der Waals surface area (Å²) in [6.45, 7) is 2.73. The van der Waals surface area contributed by atoms with Gasteiger partial charge in [0.25, 0.3) is 0 Å². The van der Waals surface area contributed by atoms with E-state index in [0.717, 1.165) is 38.0 Å². The van der Waals surface area contributed by atoms with Gasteiger partial charge in [-0.1, -0.05) is 6.42 Å². The van der Waals surface area contributed by atoms with Crippen LogP contribution in [0.25, 0.3) is 0 Å². The molecular weight excluding hydrogens is 250 g/mol. The zero-order valence-electron chi connectivity index (χ0n) is 11.9. The molecule has 108 valence electrons. The third-order valence-corrected chi connectivity index (χ3v) is 4.78. The Balaban J connectivity index is 1.64. The summed E-state index contributed by atoms with van der Waals surface area (Å²) in [6.07, 6.45) is 5.50. The second kappa shape index (κ2) is 5.44. The summed E-state index contributed by atoms with van der Waals surface area (Å²) in [7, 11) is 0. The Morgan fingerprint density at radius 3 is 2.30 bits per heavy atom. The molecule has 1 aromatic carbocycles. The first kappa shape index (κ1) is 13.4. The summed E-state index contributed by atoms with van der Waals surface area (Å²) < 4.78 is 0. The molecule has 0 atom stereocenters. The van der Waals surface area contributed by atoms with E-state index in [1.807, 2.05) is 12.1 Å². The number of benzene rings is 1. The number of carbonyl (C=O) groups is 1. The van der Waals surface area contributed by atoms with E-state index in [-0.39, 0.29) is 11.3 Å². The van der Waals surface area contributed by atoms with Crippen molar-refractivity contribution < 1.29 is 4.79 Å². The molecule has 4 heteroatoms. The highest BCUT2D eigenvalue weighted by molar-refractivity contribution is 5.96. The van der Waals surface area contributed by atoms with E-state index in [1.54, 1.807) is 0 Å². The molecule has 1 aliphatic carbocycles. The Hall–Kier alpha value is -1.55. The van der Waals surface area contributed by atoms with Gasteiger partial charge in [-0.2, -0.15) is 0 Å². The van der Waals surface area contributed by atoms with Gasteiger partial charge in [0.2, 0.25) is 5.91 Å². The van der Waals surface area contributed by atoms with E-state index < -0.39 is 0 Å². The number of amides is 1. The van der Waals surface area contributed by atoms with Crippen LogP contribution in [0, 0.1) is 5.41 Å². The molecule has 1 heterocycles. The van der Waals surface area contributed by atoms with Crippen molar-refractivity contribution >= 4 is 17.3 Å². The van der Waals surface area contributed by atoms with Crippen LogP contribution in [-0.2, 0) is 4.79 Å². The van der Waals surface area contributed by atoms with Gasteiger partial charge >= 0.3 is 0 Å². The molecule has 3 N–H and O–H groups in total. The van der Waals surface area contributed by atoms with Crippen LogP contribution in [0.3, 0.4) is 0 Å². The smallest absolute Gasteiger partial charge is 0.231 e. The monoisotopic (exact) mass is 273 g/mol. The number of hydrogen-bond donors (Lipinski definition) is 2. The van der Waals surface area contributed by atoms with Gasteiger partial charge in [-0.25, -0.2) is 0 Å². The first-order valence-corrected chi connectivity index (χ1v) is 7.60. The van der Waals surface area contributed by atoms with E-state index in [2.05, 4.69) is 22.3 Å². The summed E-state index contributed by atoms with van der Waals surface area (Å²) in [5.74, 6) is 0.0835. The molecule has 3 rings (SSSR count). The van der Waals surface area contributed by atoms with E-state index >= 15 is 0 Å². The number of nitrogens with two attached hydrogens (primary N) is 1. The number of nitrogens with one attached hydrogen (secondary N) is 1. The molecule has 20 heavy (non-hydrogen) atoms. The first-order valence-electron chi connectivity index (χ1n) is 7.60. The molecule has 2 fully saturated rings. The van der Waals surface area contributed by atoms with E-state index in [1.165, 1.54) is 18.5 Å². The van der Waals surface area contributed by atoms with Gasteiger partial charge in [0.1, 0.15) is 0 Å². The second-order valence-electron chi connectivity index (χ2n) is 6.03. The lowest BCUT2D eigenvalue weighted by Crippen LogP contribution is -2.47. The van der Waals surface area contributed by atoms with Gasteiger partial charge in [0.15, 0.2) is 0 Å². The normalized spacial score (nSPS) is 20.6. The average Bonchev–Trinajstić information content (AvgIpc) is 2.93. The minimum Gasteiger partial charge on any atom is -0.372 e. The highest BCUT2D eigenvalue weighted by atomic mass is 16.2. The fourth-order valence-corrected chi connectivity index (χ4v) is 3.12. The van der Waals surface area contributed by atoms with Crippen LogP contribution in [0.15, 0.2) is 24.3 Å². The van der Waals surface area contributed by atoms with Crippen LogP contribution in [0.5, 0.6) is 0 Å². The largest absolute Gasteiger partial charge is 0.372 e. The van der Waals surface area contributed by atoms with Gasteiger partial charge in [-0.05, 0) is 49.9 Å². The van der Waals surface area contributed by atoms with Crippen molar-refractivity contribution in [2.24, 2.45) is 11.1 Å². The van der Waals surface area contributed by atoms with Crippen LogP contribution in [0.4, 0.5) is 11.4 Å². The van der Waals surface area contributed by atoms with Crippen molar-refractivity contribution in [2.75, 3.05) is 29.9 Å². The Morgan fingerprint density at radius 2 is 1.80 bits per heavy atom. The standard InChI is InChI=1S/C16H23N3O/c17-12-16(8-3-9-16)15(20)18-13-4-6-14(7-5-13)19-10-1-2-11-19/h4-7H,1-3,8-12,17H2,(H,18,20). The molecule has 1 amide bonds. The van der Waals surface area contributed by atoms with E-state index in [0.29, 0.717) is 6.54 Å². The number of carbonyl (C=O) groups excluding carboxylic acids is 1. The highest BCUT2D eigenvalue weighted by Crippen LogP contribution is 2.40. The third kappa shape index (κ3) is 2.40. The lowest BCUT2D eigenvalue weighted by atomic mass is 9.68. The molecular formula is C16H23N3O. The number of nitrogens with zero attached hydrogens (tertiary/aromatic N) is 1. The van der Waals surface area contributed by atoms with Gasteiger partial charge in [-0.3, -0.25) is 4.79 Å². The topological polar surface area (TPSA) is 58.4 Å². The van der Waals surface area contributed by atoms with Crippen LogP contribution >= 0.6 is 0 Å². The molecule has 1 saturated heterocycles. The number of rotatable bonds is 4. The predicted octanol–water partition coefficient (Wildman–Crippen LogP) is 2.35. The lowest BCUT2D eigenvalue weighted by Gasteiger charge is -2.39. The summed E-state index contributed by atoms with van der Waals surface area (Å²) in [5.41, 5.74) is 7.57. The van der Waals surface area contributed by atoms with Crippen molar-refractivity contribution in [2.45, 2.75) is 32.1 Å². The Bertz CT molecular complexity index is 467. The maximum atomic E-state index is 12.3. The molecule has 0 unspecified atom stereocenters. The maximum absolute atomic E-state index is 12.3. The summed E-state index contributed by atoms with van der Waals surface area (Å²) in [6, 6.07) is 8.18. The molecule has 4 nitrogen and oxygen atoms in total.